The van der Waals surface area contributed by atoms with Crippen LogP contribution in [0.3, 0.4) is 0 Å². The number of carbonyl (C=O) groups excluding carboxylic acids is 1. The number of halogens is 3. The van der Waals surface area contributed by atoms with Crippen molar-refractivity contribution in [2.75, 3.05) is 13.2 Å². The molecule has 1 heterocycles. The normalized spacial score (nSPS) is 17.7. The summed E-state index contributed by atoms with van der Waals surface area (Å²) in [6, 6.07) is 29.4. The van der Waals surface area contributed by atoms with Crippen LogP contribution in [-0.4, -0.2) is 35.7 Å². The molecule has 0 saturated carbocycles. The minimum absolute atomic E-state index is 0.0518. The van der Waals surface area contributed by atoms with Gasteiger partial charge in [-0.1, -0.05) is 89.4 Å². The van der Waals surface area contributed by atoms with E-state index in [1.54, 1.807) is 36.4 Å². The first kappa shape index (κ1) is 30.9. The van der Waals surface area contributed by atoms with E-state index in [4.69, 9.17) is 54.4 Å². The first-order valence-corrected chi connectivity index (χ1v) is 14.9. The second-order valence-electron chi connectivity index (χ2n) is 10.0. The van der Waals surface area contributed by atoms with Crippen molar-refractivity contribution < 1.29 is 19.4 Å². The van der Waals surface area contributed by atoms with Crippen LogP contribution in [0.5, 0.6) is 5.75 Å². The fourth-order valence-electron chi connectivity index (χ4n) is 4.85. The van der Waals surface area contributed by atoms with Crippen LogP contribution in [-0.2, 0) is 22.5 Å². The molecule has 5 rings (SSSR count). The number of hydrogen-bond donors (Lipinski definition) is 3. The van der Waals surface area contributed by atoms with E-state index in [0.29, 0.717) is 51.5 Å². The number of hydrogen-bond acceptors (Lipinski definition) is 6. The Morgan fingerprint density at radius 3 is 2.40 bits per heavy atom. The van der Waals surface area contributed by atoms with Crippen molar-refractivity contribution in [1.82, 2.24) is 10.9 Å². The van der Waals surface area contributed by atoms with E-state index in [-0.39, 0.29) is 18.9 Å². The maximum absolute atomic E-state index is 14.3. The number of aliphatic hydroxyl groups excluding tert-OH is 1. The molecule has 3 N–H and O–H groups in total. The van der Waals surface area contributed by atoms with Gasteiger partial charge < -0.3 is 14.6 Å². The molecule has 0 aliphatic carbocycles. The minimum Gasteiger partial charge on any atom is -0.494 e. The zero-order valence-corrected chi connectivity index (χ0v) is 25.4. The van der Waals surface area contributed by atoms with Gasteiger partial charge in [-0.05, 0) is 53.6 Å². The highest BCUT2D eigenvalue weighted by Gasteiger charge is 2.54. The molecule has 4 aromatic rings. The molecule has 222 valence electrons. The van der Waals surface area contributed by atoms with Crippen molar-refractivity contribution in [3.05, 3.63) is 134 Å². The number of nitrogens with zero attached hydrogens (tertiary/aromatic N) is 1. The molecule has 10 heteroatoms. The summed E-state index contributed by atoms with van der Waals surface area (Å²) in [4.78, 5) is 19.3. The summed E-state index contributed by atoms with van der Waals surface area (Å²) in [6.07, 6.45) is -0.124. The summed E-state index contributed by atoms with van der Waals surface area (Å²) in [7, 11) is 0. The van der Waals surface area contributed by atoms with E-state index in [1.807, 2.05) is 60.7 Å². The van der Waals surface area contributed by atoms with Crippen LogP contribution in [0.2, 0.25) is 15.1 Å². The van der Waals surface area contributed by atoms with Crippen molar-refractivity contribution in [2.24, 2.45) is 4.99 Å². The Kier molecular flexibility index (Phi) is 10.2. The Hall–Kier alpha value is -3.59. The van der Waals surface area contributed by atoms with E-state index in [9.17, 15) is 4.79 Å². The summed E-state index contributed by atoms with van der Waals surface area (Å²) in [5.74, 6) is 0.527. The maximum atomic E-state index is 14.3. The molecule has 0 bridgehead atoms. The lowest BCUT2D eigenvalue weighted by atomic mass is 9.82. The van der Waals surface area contributed by atoms with Gasteiger partial charge in [0.25, 0.3) is 5.91 Å². The van der Waals surface area contributed by atoms with Gasteiger partial charge in [-0.3, -0.25) is 10.2 Å². The first-order chi connectivity index (χ1) is 20.9. The molecule has 0 fully saturated rings. The van der Waals surface area contributed by atoms with Crippen LogP contribution >= 0.6 is 34.8 Å². The van der Waals surface area contributed by atoms with Gasteiger partial charge in [0.05, 0.1) is 6.61 Å². The molecule has 4 aromatic carbocycles. The Morgan fingerprint density at radius 2 is 1.67 bits per heavy atom. The average molecular weight is 639 g/mol. The van der Waals surface area contributed by atoms with Gasteiger partial charge in [0, 0.05) is 52.2 Å². The molecule has 0 unspecified atom stereocenters. The Bertz CT molecular complexity index is 1580. The summed E-state index contributed by atoms with van der Waals surface area (Å²) in [6.45, 7) is 0.747. The van der Waals surface area contributed by atoms with E-state index in [0.717, 1.165) is 11.1 Å². The zero-order valence-electron chi connectivity index (χ0n) is 23.1. The summed E-state index contributed by atoms with van der Waals surface area (Å²) in [5.41, 5.74) is 7.38. The third-order valence-electron chi connectivity index (χ3n) is 7.03. The number of ether oxygens (including phenoxy) is 2. The molecule has 43 heavy (non-hydrogen) atoms. The molecule has 2 atom stereocenters. The lowest BCUT2D eigenvalue weighted by molar-refractivity contribution is -0.130. The number of carbonyl (C=O) groups is 1. The van der Waals surface area contributed by atoms with Gasteiger partial charge in [-0.25, -0.2) is 10.4 Å². The van der Waals surface area contributed by atoms with Crippen molar-refractivity contribution >= 4 is 46.6 Å². The fraction of sp³-hybridized carbons (Fsp3) is 0.212. The van der Waals surface area contributed by atoms with Crippen LogP contribution in [0.4, 0.5) is 0 Å². The third kappa shape index (κ3) is 7.32. The monoisotopic (exact) mass is 637 g/mol. The molecule has 7 nitrogen and oxygen atoms in total. The van der Waals surface area contributed by atoms with Gasteiger partial charge >= 0.3 is 0 Å². The molecule has 1 aliphatic heterocycles. The summed E-state index contributed by atoms with van der Waals surface area (Å²) in [5, 5.41) is 10.4. The highest BCUT2D eigenvalue weighted by Crippen LogP contribution is 2.45. The van der Waals surface area contributed by atoms with Gasteiger partial charge in [0.2, 0.25) is 5.90 Å². The maximum Gasteiger partial charge on any atom is 0.266 e. The van der Waals surface area contributed by atoms with Crippen LogP contribution in [0.25, 0.3) is 0 Å². The molecular formula is C33H30Cl3N3O4. The molecular weight excluding hydrogens is 609 g/mol. The number of hydrazine groups is 1. The lowest BCUT2D eigenvalue weighted by Crippen LogP contribution is -2.53. The SMILES string of the molecule is O=C(NNCc1ccccc1Cl)[C@@]1(Cc2ccccc2)N=C(c2ccc(OCCCO)cc2)O[C@H]1c1ccc(Cl)cc1Cl. The molecule has 0 spiro atoms. The highest BCUT2D eigenvalue weighted by atomic mass is 35.5. The molecule has 0 saturated heterocycles. The van der Waals surface area contributed by atoms with Crippen molar-refractivity contribution in [3.8, 4) is 5.75 Å². The van der Waals surface area contributed by atoms with E-state index in [2.05, 4.69) is 10.9 Å². The summed E-state index contributed by atoms with van der Waals surface area (Å²) >= 11 is 19.3. The van der Waals surface area contributed by atoms with Crippen LogP contribution in [0.1, 0.15) is 34.8 Å². The second-order valence-corrected chi connectivity index (χ2v) is 11.3. The van der Waals surface area contributed by atoms with Crippen molar-refractivity contribution in [1.29, 1.82) is 0 Å². The topological polar surface area (TPSA) is 92.2 Å². The molecule has 0 radical (unpaired) electrons. The Labute approximate surface area is 265 Å². The van der Waals surface area contributed by atoms with Crippen LogP contribution in [0.15, 0.2) is 102 Å². The Balaban J connectivity index is 1.53. The van der Waals surface area contributed by atoms with Crippen molar-refractivity contribution in [3.63, 3.8) is 0 Å². The zero-order chi connectivity index (χ0) is 30.2. The number of amides is 1. The number of aliphatic imine (C=N–C) groups is 1. The number of benzene rings is 4. The van der Waals surface area contributed by atoms with Gasteiger partial charge in [0.1, 0.15) is 5.75 Å². The number of aliphatic hydroxyl groups is 1. The third-order valence-corrected chi connectivity index (χ3v) is 7.96. The number of rotatable bonds is 12. The quantitative estimate of drug-likeness (QED) is 0.118. The minimum atomic E-state index is -1.45. The van der Waals surface area contributed by atoms with E-state index >= 15 is 0 Å². The van der Waals surface area contributed by atoms with Gasteiger partial charge in [0.15, 0.2) is 11.6 Å². The standard InChI is InChI=1S/C33H30Cl3N3O4/c34-25-13-16-27(29(36)19-25)30-33(20-22-7-2-1-3-8-22,32(41)39-37-21-24-9-4-5-10-28(24)35)38-31(43-30)23-11-14-26(15-12-23)42-18-6-17-40/h1-5,7-16,19,30,37,40H,6,17-18,20-21H2,(H,39,41)/t30-,33-/m0/s1. The molecule has 0 aromatic heterocycles. The van der Waals surface area contributed by atoms with Crippen LogP contribution in [0, 0.1) is 0 Å². The lowest BCUT2D eigenvalue weighted by Gasteiger charge is -2.31. The first-order valence-electron chi connectivity index (χ1n) is 13.8. The van der Waals surface area contributed by atoms with Crippen LogP contribution < -0.4 is 15.6 Å². The predicted octanol–water partition coefficient (Wildman–Crippen LogP) is 6.73. The number of nitrogens with one attached hydrogen (secondary N) is 2. The molecule has 1 aliphatic rings. The van der Waals surface area contributed by atoms with E-state index in [1.165, 1.54) is 0 Å². The average Bonchev–Trinajstić information content (AvgIpc) is 3.39. The predicted molar refractivity (Wildman–Crippen MR) is 170 cm³/mol. The largest absolute Gasteiger partial charge is 0.494 e. The van der Waals surface area contributed by atoms with E-state index < -0.39 is 17.6 Å². The second kappa shape index (κ2) is 14.3. The van der Waals surface area contributed by atoms with Gasteiger partial charge in [-0.2, -0.15) is 0 Å². The Morgan fingerprint density at radius 1 is 0.930 bits per heavy atom. The van der Waals surface area contributed by atoms with Gasteiger partial charge in [-0.15, -0.1) is 0 Å². The highest BCUT2D eigenvalue weighted by molar-refractivity contribution is 6.35. The van der Waals surface area contributed by atoms with Crippen molar-refractivity contribution in [2.45, 2.75) is 31.0 Å². The molecule has 1 amide bonds. The summed E-state index contributed by atoms with van der Waals surface area (Å²) < 4.78 is 12.2. The smallest absolute Gasteiger partial charge is 0.266 e. The fourth-order valence-corrected chi connectivity index (χ4v) is 5.56.